The largest absolute Gasteiger partial charge is 0.340 e. The van der Waals surface area contributed by atoms with Gasteiger partial charge in [0.15, 0.2) is 5.78 Å². The standard InChI is InChI=1S/C17H14N2O/c1-10(20)11-5-6-16-14(9-11)12-3-2-4-13-15(18)7-8-19(16)17(12)13/h2-6,9,18H,7-8H2,1H3. The maximum absolute atomic E-state index is 11.6. The summed E-state index contributed by atoms with van der Waals surface area (Å²) in [4.78, 5) is 11.6. The summed E-state index contributed by atoms with van der Waals surface area (Å²) in [5.41, 5.74) is 4.77. The zero-order valence-electron chi connectivity index (χ0n) is 11.2. The average Bonchev–Trinajstić information content (AvgIpc) is 2.78. The molecule has 98 valence electrons. The van der Waals surface area contributed by atoms with Crippen molar-refractivity contribution in [1.29, 1.82) is 5.41 Å². The molecule has 3 nitrogen and oxygen atoms in total. The van der Waals surface area contributed by atoms with Crippen molar-refractivity contribution < 1.29 is 4.79 Å². The molecule has 4 rings (SSSR count). The second-order valence-corrected chi connectivity index (χ2v) is 5.37. The average molecular weight is 262 g/mol. The predicted octanol–water partition coefficient (Wildman–Crippen LogP) is 3.77. The molecule has 0 fully saturated rings. The fourth-order valence-corrected chi connectivity index (χ4v) is 3.21. The monoisotopic (exact) mass is 262 g/mol. The molecule has 1 N–H and O–H groups in total. The number of nitrogens with one attached hydrogen (secondary N) is 1. The van der Waals surface area contributed by atoms with Gasteiger partial charge in [0.1, 0.15) is 0 Å². The van der Waals surface area contributed by atoms with Crippen LogP contribution in [0.25, 0.3) is 21.8 Å². The number of carbonyl (C=O) groups excluding carboxylic acids is 1. The van der Waals surface area contributed by atoms with E-state index in [1.807, 2.05) is 30.3 Å². The van der Waals surface area contributed by atoms with Gasteiger partial charge in [-0.1, -0.05) is 18.2 Å². The zero-order valence-corrected chi connectivity index (χ0v) is 11.2. The first kappa shape index (κ1) is 11.4. The van der Waals surface area contributed by atoms with Crippen molar-refractivity contribution >= 4 is 33.3 Å². The Bertz CT molecular complexity index is 902. The number of Topliss-reactive ketones (excluding diaryl/α,β-unsaturated/α-hetero) is 1. The van der Waals surface area contributed by atoms with Crippen molar-refractivity contribution in [2.75, 3.05) is 0 Å². The third-order valence-corrected chi connectivity index (χ3v) is 4.20. The van der Waals surface area contributed by atoms with E-state index >= 15 is 0 Å². The van der Waals surface area contributed by atoms with Gasteiger partial charge in [-0.15, -0.1) is 0 Å². The van der Waals surface area contributed by atoms with E-state index in [2.05, 4.69) is 10.6 Å². The number of fused-ring (bicyclic) bond motifs is 3. The molecule has 2 aromatic carbocycles. The second kappa shape index (κ2) is 3.79. The predicted molar refractivity (Wildman–Crippen MR) is 80.9 cm³/mol. The summed E-state index contributed by atoms with van der Waals surface area (Å²) in [5, 5.41) is 10.4. The molecule has 0 atom stereocenters. The van der Waals surface area contributed by atoms with Crippen molar-refractivity contribution in [3.8, 4) is 0 Å². The molecule has 2 heterocycles. The molecule has 1 aliphatic heterocycles. The first-order valence-electron chi connectivity index (χ1n) is 6.80. The van der Waals surface area contributed by atoms with Crippen LogP contribution in [-0.4, -0.2) is 16.1 Å². The lowest BCUT2D eigenvalue weighted by Gasteiger charge is -2.17. The van der Waals surface area contributed by atoms with Crippen molar-refractivity contribution in [3.63, 3.8) is 0 Å². The number of nitrogens with zero attached hydrogens (tertiary/aromatic N) is 1. The summed E-state index contributed by atoms with van der Waals surface area (Å²) < 4.78 is 2.28. The van der Waals surface area contributed by atoms with Crippen LogP contribution in [0.5, 0.6) is 0 Å². The summed E-state index contributed by atoms with van der Waals surface area (Å²) >= 11 is 0. The fraction of sp³-hybridized carbons (Fsp3) is 0.176. The highest BCUT2D eigenvalue weighted by molar-refractivity contribution is 6.18. The van der Waals surface area contributed by atoms with E-state index in [9.17, 15) is 4.79 Å². The molecule has 0 saturated heterocycles. The SMILES string of the molecule is CC(=O)c1ccc2c(c1)c1cccc3c1n2CCC3=N. The Hall–Kier alpha value is -2.42. The first-order chi connectivity index (χ1) is 9.66. The molecule has 3 aromatic rings. The molecule has 20 heavy (non-hydrogen) atoms. The van der Waals surface area contributed by atoms with Gasteiger partial charge in [-0.2, -0.15) is 0 Å². The minimum Gasteiger partial charge on any atom is -0.340 e. The molecular weight excluding hydrogens is 248 g/mol. The van der Waals surface area contributed by atoms with Crippen LogP contribution in [0.4, 0.5) is 0 Å². The molecule has 1 aliphatic rings. The van der Waals surface area contributed by atoms with E-state index in [-0.39, 0.29) is 5.78 Å². The number of rotatable bonds is 1. The van der Waals surface area contributed by atoms with E-state index < -0.39 is 0 Å². The van der Waals surface area contributed by atoms with E-state index in [4.69, 9.17) is 5.41 Å². The van der Waals surface area contributed by atoms with Gasteiger partial charge in [0.05, 0.1) is 5.52 Å². The first-order valence-corrected chi connectivity index (χ1v) is 6.80. The minimum absolute atomic E-state index is 0.0894. The normalized spacial score (nSPS) is 14.2. The number of ketones is 1. The van der Waals surface area contributed by atoms with Crippen molar-refractivity contribution in [1.82, 2.24) is 4.57 Å². The van der Waals surface area contributed by atoms with Crippen LogP contribution in [-0.2, 0) is 6.54 Å². The molecule has 0 bridgehead atoms. The van der Waals surface area contributed by atoms with E-state index in [1.165, 1.54) is 0 Å². The van der Waals surface area contributed by atoms with Crippen LogP contribution in [0.15, 0.2) is 36.4 Å². The number of aryl methyl sites for hydroxylation is 1. The lowest BCUT2D eigenvalue weighted by atomic mass is 10.0. The molecular formula is C17H14N2O. The van der Waals surface area contributed by atoms with Crippen LogP contribution in [0.1, 0.15) is 29.3 Å². The smallest absolute Gasteiger partial charge is 0.159 e. The number of carbonyl (C=O) groups is 1. The Morgan fingerprint density at radius 1 is 1.20 bits per heavy atom. The summed E-state index contributed by atoms with van der Waals surface area (Å²) in [5.74, 6) is 0.0894. The van der Waals surface area contributed by atoms with E-state index in [1.54, 1.807) is 6.92 Å². The van der Waals surface area contributed by atoms with Crippen molar-refractivity contribution in [3.05, 3.63) is 47.5 Å². The highest BCUT2D eigenvalue weighted by Crippen LogP contribution is 2.35. The molecule has 3 heteroatoms. The number of hydrogen-bond acceptors (Lipinski definition) is 2. The number of hydrogen-bond donors (Lipinski definition) is 1. The third-order valence-electron chi connectivity index (χ3n) is 4.20. The summed E-state index contributed by atoms with van der Waals surface area (Å²) in [6, 6.07) is 12.0. The molecule has 0 spiro atoms. The Labute approximate surface area is 116 Å². The summed E-state index contributed by atoms with van der Waals surface area (Å²) in [7, 11) is 0. The van der Waals surface area contributed by atoms with Crippen LogP contribution in [0.2, 0.25) is 0 Å². The zero-order chi connectivity index (χ0) is 13.9. The highest BCUT2D eigenvalue weighted by atomic mass is 16.1. The van der Waals surface area contributed by atoms with Gasteiger partial charge in [0.25, 0.3) is 0 Å². The van der Waals surface area contributed by atoms with Gasteiger partial charge in [-0.3, -0.25) is 4.79 Å². The number of aromatic nitrogens is 1. The van der Waals surface area contributed by atoms with Crippen LogP contribution in [0, 0.1) is 5.41 Å². The maximum atomic E-state index is 11.6. The molecule has 0 aliphatic carbocycles. The van der Waals surface area contributed by atoms with E-state index in [0.29, 0.717) is 5.71 Å². The van der Waals surface area contributed by atoms with Crippen molar-refractivity contribution in [2.45, 2.75) is 19.9 Å². The molecule has 0 radical (unpaired) electrons. The van der Waals surface area contributed by atoms with Gasteiger partial charge in [-0.05, 0) is 25.1 Å². The Morgan fingerprint density at radius 2 is 2.05 bits per heavy atom. The molecule has 1 aromatic heterocycles. The summed E-state index contributed by atoms with van der Waals surface area (Å²) in [6.07, 6.45) is 0.768. The third kappa shape index (κ3) is 1.35. The number of para-hydroxylation sites is 1. The van der Waals surface area contributed by atoms with Gasteiger partial charge in [0.2, 0.25) is 0 Å². The van der Waals surface area contributed by atoms with E-state index in [0.717, 1.165) is 45.9 Å². The Balaban J connectivity index is 2.22. The van der Waals surface area contributed by atoms with Gasteiger partial charge < -0.3 is 9.98 Å². The van der Waals surface area contributed by atoms with Crippen LogP contribution < -0.4 is 0 Å². The second-order valence-electron chi connectivity index (χ2n) is 5.37. The van der Waals surface area contributed by atoms with Crippen LogP contribution >= 0.6 is 0 Å². The lowest BCUT2D eigenvalue weighted by molar-refractivity contribution is 0.101. The van der Waals surface area contributed by atoms with Gasteiger partial charge in [0, 0.05) is 46.1 Å². The maximum Gasteiger partial charge on any atom is 0.159 e. The van der Waals surface area contributed by atoms with Crippen LogP contribution in [0.3, 0.4) is 0 Å². The minimum atomic E-state index is 0.0894. The summed E-state index contributed by atoms with van der Waals surface area (Å²) in [6.45, 7) is 2.44. The molecule has 0 saturated carbocycles. The topological polar surface area (TPSA) is 45.9 Å². The lowest BCUT2D eigenvalue weighted by Crippen LogP contribution is -2.13. The Morgan fingerprint density at radius 3 is 2.85 bits per heavy atom. The molecule has 0 unspecified atom stereocenters. The highest BCUT2D eigenvalue weighted by Gasteiger charge is 2.20. The molecule has 0 amide bonds. The quantitative estimate of drug-likeness (QED) is 0.667. The van der Waals surface area contributed by atoms with Gasteiger partial charge >= 0.3 is 0 Å². The Kier molecular flexibility index (Phi) is 2.16. The number of benzene rings is 2. The van der Waals surface area contributed by atoms with Gasteiger partial charge in [-0.25, -0.2) is 0 Å². The fourth-order valence-electron chi connectivity index (χ4n) is 3.21. The van der Waals surface area contributed by atoms with Crippen molar-refractivity contribution in [2.24, 2.45) is 0 Å².